The second-order valence-corrected chi connectivity index (χ2v) is 8.47. The lowest BCUT2D eigenvalue weighted by molar-refractivity contribution is 0.0465. The number of aryl methyl sites for hydroxylation is 1. The molecule has 1 aromatic carbocycles. The second kappa shape index (κ2) is 7.85. The predicted molar refractivity (Wildman–Crippen MR) is 115 cm³/mol. The van der Waals surface area contributed by atoms with Crippen molar-refractivity contribution in [2.24, 2.45) is 0 Å². The van der Waals surface area contributed by atoms with Gasteiger partial charge in [-0.2, -0.15) is 21.4 Å². The van der Waals surface area contributed by atoms with E-state index in [4.69, 9.17) is 9.26 Å². The smallest absolute Gasteiger partial charge is 0.348 e. The molecule has 150 valence electrons. The summed E-state index contributed by atoms with van der Waals surface area (Å²) in [6.07, 6.45) is 0. The van der Waals surface area contributed by atoms with Crippen LogP contribution >= 0.6 is 22.7 Å². The van der Waals surface area contributed by atoms with E-state index in [0.29, 0.717) is 23.1 Å². The number of hydrogen-bond acceptors (Lipinski definition) is 8. The van der Waals surface area contributed by atoms with Crippen molar-refractivity contribution in [3.63, 3.8) is 0 Å². The molecule has 0 atom stereocenters. The standard InChI is InChI=1S/C21H16N4O3S2/c1-13-16-9-17(30-20(16)25(23-13)10-14-5-3-2-4-6-14)21(26)27-11-18-22-19(28-24-18)15-7-8-29-12-15/h2-9,12H,10-11H2,1H3. The second-order valence-electron chi connectivity index (χ2n) is 6.66. The summed E-state index contributed by atoms with van der Waals surface area (Å²) in [5.41, 5.74) is 2.89. The molecule has 30 heavy (non-hydrogen) atoms. The fourth-order valence-electron chi connectivity index (χ4n) is 3.09. The third kappa shape index (κ3) is 3.64. The van der Waals surface area contributed by atoms with Crippen molar-refractivity contribution in [1.29, 1.82) is 0 Å². The molecule has 0 saturated carbocycles. The van der Waals surface area contributed by atoms with Crippen LogP contribution in [-0.2, 0) is 17.9 Å². The SMILES string of the molecule is Cc1nn(Cc2ccccc2)c2sc(C(=O)OCc3noc(-c4ccsc4)n3)cc12. The van der Waals surface area contributed by atoms with Gasteiger partial charge in [-0.1, -0.05) is 35.5 Å². The maximum absolute atomic E-state index is 12.6. The summed E-state index contributed by atoms with van der Waals surface area (Å²) in [4.78, 5) is 18.3. The van der Waals surface area contributed by atoms with Crippen molar-refractivity contribution >= 4 is 38.9 Å². The normalized spacial score (nSPS) is 11.2. The van der Waals surface area contributed by atoms with Crippen LogP contribution in [0.3, 0.4) is 0 Å². The average molecular weight is 437 g/mol. The Balaban J connectivity index is 1.31. The topological polar surface area (TPSA) is 83.0 Å². The minimum Gasteiger partial charge on any atom is -0.453 e. The van der Waals surface area contributed by atoms with Gasteiger partial charge in [-0.25, -0.2) is 4.79 Å². The van der Waals surface area contributed by atoms with Crippen LogP contribution in [0.4, 0.5) is 0 Å². The first-order chi connectivity index (χ1) is 14.7. The quantitative estimate of drug-likeness (QED) is 0.351. The number of nitrogens with zero attached hydrogens (tertiary/aromatic N) is 4. The van der Waals surface area contributed by atoms with E-state index in [1.165, 1.54) is 11.3 Å². The van der Waals surface area contributed by atoms with Crippen molar-refractivity contribution in [1.82, 2.24) is 19.9 Å². The first-order valence-corrected chi connectivity index (χ1v) is 11.0. The molecule has 0 aliphatic carbocycles. The molecule has 4 heterocycles. The molecule has 0 spiro atoms. The van der Waals surface area contributed by atoms with Crippen molar-refractivity contribution in [2.45, 2.75) is 20.1 Å². The molecule has 0 unspecified atom stereocenters. The van der Waals surface area contributed by atoms with Gasteiger partial charge in [0.2, 0.25) is 5.82 Å². The lowest BCUT2D eigenvalue weighted by atomic mass is 10.2. The molecule has 0 fully saturated rings. The highest BCUT2D eigenvalue weighted by atomic mass is 32.1. The Morgan fingerprint density at radius 3 is 2.90 bits per heavy atom. The maximum Gasteiger partial charge on any atom is 0.348 e. The molecule has 0 aliphatic rings. The minimum atomic E-state index is -0.413. The Labute approximate surface area is 179 Å². The molecule has 7 nitrogen and oxygen atoms in total. The molecular weight excluding hydrogens is 420 g/mol. The van der Waals surface area contributed by atoms with Gasteiger partial charge in [-0.3, -0.25) is 4.68 Å². The molecule has 5 aromatic rings. The van der Waals surface area contributed by atoms with Crippen molar-refractivity contribution < 1.29 is 14.1 Å². The van der Waals surface area contributed by atoms with Gasteiger partial charge in [-0.15, -0.1) is 11.3 Å². The summed E-state index contributed by atoms with van der Waals surface area (Å²) >= 11 is 2.92. The van der Waals surface area contributed by atoms with E-state index >= 15 is 0 Å². The molecule has 0 radical (unpaired) electrons. The highest BCUT2D eigenvalue weighted by Gasteiger charge is 2.19. The summed E-state index contributed by atoms with van der Waals surface area (Å²) in [5.74, 6) is 0.335. The summed E-state index contributed by atoms with van der Waals surface area (Å²) in [7, 11) is 0. The summed E-state index contributed by atoms with van der Waals surface area (Å²) < 4.78 is 12.5. The van der Waals surface area contributed by atoms with E-state index in [2.05, 4.69) is 27.4 Å². The van der Waals surface area contributed by atoms with Crippen LogP contribution < -0.4 is 0 Å². The highest BCUT2D eigenvalue weighted by Crippen LogP contribution is 2.29. The monoisotopic (exact) mass is 436 g/mol. The van der Waals surface area contributed by atoms with E-state index in [9.17, 15) is 4.79 Å². The van der Waals surface area contributed by atoms with E-state index in [0.717, 1.165) is 27.0 Å². The van der Waals surface area contributed by atoms with Crippen LogP contribution in [0.5, 0.6) is 0 Å². The van der Waals surface area contributed by atoms with E-state index < -0.39 is 5.97 Å². The molecule has 0 amide bonds. The highest BCUT2D eigenvalue weighted by molar-refractivity contribution is 7.20. The number of carbonyl (C=O) groups is 1. The molecule has 0 aliphatic heterocycles. The zero-order chi connectivity index (χ0) is 20.5. The van der Waals surface area contributed by atoms with Gasteiger partial charge in [0.1, 0.15) is 9.71 Å². The average Bonchev–Trinajstić information content (AvgIpc) is 3.54. The number of thiophene rings is 2. The fourth-order valence-corrected chi connectivity index (χ4v) is 4.78. The molecule has 0 N–H and O–H groups in total. The van der Waals surface area contributed by atoms with Crippen LogP contribution in [0.1, 0.15) is 26.8 Å². The Morgan fingerprint density at radius 2 is 2.10 bits per heavy atom. The van der Waals surface area contributed by atoms with Crippen molar-refractivity contribution in [2.75, 3.05) is 0 Å². The summed E-state index contributed by atoms with van der Waals surface area (Å²) in [5, 5.41) is 13.3. The lowest BCUT2D eigenvalue weighted by Gasteiger charge is -2.02. The van der Waals surface area contributed by atoms with Crippen molar-refractivity contribution in [3.8, 4) is 11.5 Å². The number of hydrogen-bond donors (Lipinski definition) is 0. The molecule has 0 saturated heterocycles. The van der Waals surface area contributed by atoms with Gasteiger partial charge < -0.3 is 9.26 Å². The van der Waals surface area contributed by atoms with Crippen LogP contribution in [-0.4, -0.2) is 25.9 Å². The molecule has 5 rings (SSSR count). The zero-order valence-corrected chi connectivity index (χ0v) is 17.6. The Morgan fingerprint density at radius 1 is 1.23 bits per heavy atom. The Kier molecular flexibility index (Phi) is 4.89. The van der Waals surface area contributed by atoms with Gasteiger partial charge in [0, 0.05) is 10.8 Å². The molecule has 0 bridgehead atoms. The molecule has 4 aromatic heterocycles. The lowest BCUT2D eigenvalue weighted by Crippen LogP contribution is -2.04. The predicted octanol–water partition coefficient (Wildman–Crippen LogP) is 4.92. The van der Waals surface area contributed by atoms with Crippen LogP contribution in [0.25, 0.3) is 21.7 Å². The molecular formula is C21H16N4O3S2. The number of benzene rings is 1. The number of aromatic nitrogens is 4. The first-order valence-electron chi connectivity index (χ1n) is 9.20. The number of esters is 1. The zero-order valence-electron chi connectivity index (χ0n) is 15.9. The number of ether oxygens (including phenoxy) is 1. The van der Waals surface area contributed by atoms with Crippen molar-refractivity contribution in [3.05, 3.63) is 75.2 Å². The van der Waals surface area contributed by atoms with Gasteiger partial charge in [0.05, 0.1) is 17.8 Å². The maximum atomic E-state index is 12.6. The number of rotatable bonds is 6. The third-order valence-electron chi connectivity index (χ3n) is 4.55. The van der Waals surface area contributed by atoms with Gasteiger partial charge in [0.15, 0.2) is 6.61 Å². The molecule has 9 heteroatoms. The number of carbonyl (C=O) groups excluding carboxylic acids is 1. The third-order valence-corrected chi connectivity index (χ3v) is 6.36. The van der Waals surface area contributed by atoms with Crippen LogP contribution in [0, 0.1) is 6.92 Å². The van der Waals surface area contributed by atoms with Crippen LogP contribution in [0.2, 0.25) is 0 Å². The Bertz CT molecular complexity index is 1300. The van der Waals surface area contributed by atoms with Gasteiger partial charge >= 0.3 is 5.97 Å². The summed E-state index contributed by atoms with van der Waals surface area (Å²) in [6.45, 7) is 2.54. The fraction of sp³-hybridized carbons (Fsp3) is 0.143. The van der Waals surface area contributed by atoms with Gasteiger partial charge in [-0.05, 0) is 30.0 Å². The van der Waals surface area contributed by atoms with Crippen LogP contribution in [0.15, 0.2) is 57.7 Å². The van der Waals surface area contributed by atoms with E-state index in [-0.39, 0.29) is 6.61 Å². The number of fused-ring (bicyclic) bond motifs is 1. The minimum absolute atomic E-state index is 0.0458. The Hall–Kier alpha value is -3.30. The van der Waals surface area contributed by atoms with E-state index in [1.54, 1.807) is 11.3 Å². The summed E-state index contributed by atoms with van der Waals surface area (Å²) in [6, 6.07) is 13.8. The first kappa shape index (κ1) is 18.7. The van der Waals surface area contributed by atoms with Gasteiger partial charge in [0.25, 0.3) is 5.89 Å². The largest absolute Gasteiger partial charge is 0.453 e. The van der Waals surface area contributed by atoms with E-state index in [1.807, 2.05) is 52.7 Å².